The smallest absolute Gasteiger partial charge is 0.298 e. The zero-order valence-electron chi connectivity index (χ0n) is 17.4. The highest BCUT2D eigenvalue weighted by atomic mass is 19.4. The van der Waals surface area contributed by atoms with E-state index in [0.717, 1.165) is 12.1 Å². The van der Waals surface area contributed by atoms with Crippen LogP contribution >= 0.6 is 0 Å². The van der Waals surface area contributed by atoms with E-state index < -0.39 is 58.0 Å². The van der Waals surface area contributed by atoms with Gasteiger partial charge in [0.15, 0.2) is 23.9 Å². The van der Waals surface area contributed by atoms with Crippen molar-refractivity contribution in [2.75, 3.05) is 0 Å². The Balaban J connectivity index is 2.46. The highest BCUT2D eigenvalue weighted by Crippen LogP contribution is 2.55. The van der Waals surface area contributed by atoms with Crippen LogP contribution in [0.3, 0.4) is 0 Å². The molecule has 0 aromatic heterocycles. The standard InChI is InChI=1S/C23H19F6NO2/c1-21(2)19(31)18(13-6-7-14(12-30)15(11-13)23(27,28)29)20(32)22(21,3)9-4-5-16(25)17(26)8-10-24/h6-8,10-11,16-18H,9H2,1-3H3. The molecule has 4 atom stereocenters. The molecule has 4 unspecified atom stereocenters. The van der Waals surface area contributed by atoms with Gasteiger partial charge in [-0.3, -0.25) is 9.59 Å². The van der Waals surface area contributed by atoms with E-state index in [1.807, 2.05) is 5.92 Å². The highest BCUT2D eigenvalue weighted by Gasteiger charge is 2.62. The number of hydrogen-bond acceptors (Lipinski definition) is 3. The van der Waals surface area contributed by atoms with Crippen LogP contribution in [0.5, 0.6) is 0 Å². The highest BCUT2D eigenvalue weighted by molar-refractivity contribution is 6.19. The topological polar surface area (TPSA) is 57.9 Å². The van der Waals surface area contributed by atoms with Crippen LogP contribution in [0.1, 0.15) is 49.8 Å². The molecule has 9 heteroatoms. The number of benzene rings is 1. The van der Waals surface area contributed by atoms with Crippen molar-refractivity contribution in [1.29, 1.82) is 5.26 Å². The lowest BCUT2D eigenvalue weighted by atomic mass is 9.67. The van der Waals surface area contributed by atoms with E-state index in [2.05, 4.69) is 5.92 Å². The van der Waals surface area contributed by atoms with Crippen molar-refractivity contribution in [3.8, 4) is 17.9 Å². The van der Waals surface area contributed by atoms with Crippen molar-refractivity contribution in [2.24, 2.45) is 10.8 Å². The number of rotatable bonds is 4. The molecule has 1 saturated carbocycles. The SMILES string of the molecule is CC1(C)C(=O)C(c2ccc(C#N)c(C(F)(F)F)c2)C(=O)C1(C)CC#CC(F)C(F)C=CF. The molecule has 0 bridgehead atoms. The third kappa shape index (κ3) is 4.29. The largest absolute Gasteiger partial charge is 0.417 e. The number of allylic oxidation sites excluding steroid dienone is 1. The Morgan fingerprint density at radius 1 is 1.16 bits per heavy atom. The van der Waals surface area contributed by atoms with Gasteiger partial charge in [0.05, 0.1) is 28.9 Å². The van der Waals surface area contributed by atoms with Crippen LogP contribution in [-0.2, 0) is 15.8 Å². The molecule has 1 aliphatic carbocycles. The first kappa shape index (κ1) is 25.2. The van der Waals surface area contributed by atoms with Gasteiger partial charge in [-0.1, -0.05) is 38.7 Å². The average molecular weight is 455 g/mol. The van der Waals surface area contributed by atoms with E-state index in [9.17, 15) is 35.9 Å². The average Bonchev–Trinajstić information content (AvgIpc) is 2.84. The second-order valence-electron chi connectivity index (χ2n) is 8.20. The molecule has 32 heavy (non-hydrogen) atoms. The van der Waals surface area contributed by atoms with Crippen molar-refractivity contribution in [1.82, 2.24) is 0 Å². The maximum atomic E-state index is 13.7. The van der Waals surface area contributed by atoms with Gasteiger partial charge in [0.25, 0.3) is 0 Å². The van der Waals surface area contributed by atoms with Gasteiger partial charge in [0, 0.05) is 11.8 Å². The lowest BCUT2D eigenvalue weighted by molar-refractivity contribution is -0.138. The van der Waals surface area contributed by atoms with E-state index in [4.69, 9.17) is 5.26 Å². The van der Waals surface area contributed by atoms with Gasteiger partial charge >= 0.3 is 6.18 Å². The molecule has 0 radical (unpaired) electrons. The number of nitriles is 1. The minimum absolute atomic E-state index is 0.167. The van der Waals surface area contributed by atoms with Crippen molar-refractivity contribution in [3.63, 3.8) is 0 Å². The fourth-order valence-electron chi connectivity index (χ4n) is 3.63. The Hall–Kier alpha value is -3.07. The second-order valence-corrected chi connectivity index (χ2v) is 8.20. The number of Topliss-reactive ketones (excluding diaryl/α,β-unsaturated/α-hetero) is 2. The van der Waals surface area contributed by atoms with Crippen LogP contribution in [0.4, 0.5) is 26.3 Å². The molecule has 3 nitrogen and oxygen atoms in total. The number of ketones is 2. The Labute approximate surface area is 181 Å². The molecular weight excluding hydrogens is 436 g/mol. The second kappa shape index (κ2) is 8.82. The third-order valence-corrected chi connectivity index (χ3v) is 6.08. The van der Waals surface area contributed by atoms with Gasteiger partial charge in [0.2, 0.25) is 0 Å². The van der Waals surface area contributed by atoms with Crippen molar-refractivity contribution < 1.29 is 35.9 Å². The van der Waals surface area contributed by atoms with Gasteiger partial charge in [-0.15, -0.1) is 0 Å². The summed E-state index contributed by atoms with van der Waals surface area (Å²) in [6.07, 6.45) is -9.75. The lowest BCUT2D eigenvalue weighted by Gasteiger charge is -2.33. The predicted octanol–water partition coefficient (Wildman–Crippen LogP) is 5.40. The molecular formula is C23H19F6NO2. The number of hydrogen-bond donors (Lipinski definition) is 0. The molecule has 0 N–H and O–H groups in total. The summed E-state index contributed by atoms with van der Waals surface area (Å²) in [7, 11) is 0. The van der Waals surface area contributed by atoms with Crippen LogP contribution in [0.2, 0.25) is 0 Å². The predicted molar refractivity (Wildman–Crippen MR) is 103 cm³/mol. The summed E-state index contributed by atoms with van der Waals surface area (Å²) in [5.41, 5.74) is -5.01. The van der Waals surface area contributed by atoms with Gasteiger partial charge in [-0.25, -0.2) is 13.2 Å². The van der Waals surface area contributed by atoms with Crippen LogP contribution in [-0.4, -0.2) is 23.9 Å². The molecule has 1 fully saturated rings. The zero-order chi connectivity index (χ0) is 24.5. The molecule has 1 aromatic rings. The molecule has 1 aromatic carbocycles. The number of carbonyl (C=O) groups excluding carboxylic acids is 2. The summed E-state index contributed by atoms with van der Waals surface area (Å²) in [4.78, 5) is 26.3. The minimum atomic E-state index is -4.87. The van der Waals surface area contributed by atoms with E-state index in [1.54, 1.807) is 0 Å². The Morgan fingerprint density at radius 2 is 1.78 bits per heavy atom. The number of alkyl halides is 5. The first-order valence-corrected chi connectivity index (χ1v) is 9.45. The molecule has 170 valence electrons. The Morgan fingerprint density at radius 3 is 2.31 bits per heavy atom. The summed E-state index contributed by atoms with van der Waals surface area (Å²) in [5.74, 6) is 1.36. The molecule has 2 rings (SSSR count). The molecule has 0 amide bonds. The van der Waals surface area contributed by atoms with Crippen LogP contribution < -0.4 is 0 Å². The van der Waals surface area contributed by atoms with E-state index in [1.165, 1.54) is 26.8 Å². The Bertz CT molecular complexity index is 1060. The quantitative estimate of drug-likeness (QED) is 0.347. The number of nitrogens with zero attached hydrogens (tertiary/aromatic N) is 1. The Kier molecular flexibility index (Phi) is 6.94. The van der Waals surface area contributed by atoms with Crippen molar-refractivity contribution in [3.05, 3.63) is 47.3 Å². The first-order valence-electron chi connectivity index (χ1n) is 9.45. The molecule has 0 saturated heterocycles. The fourth-order valence-corrected chi connectivity index (χ4v) is 3.63. The van der Waals surface area contributed by atoms with E-state index in [0.29, 0.717) is 12.1 Å². The number of halogens is 6. The fraction of sp³-hybridized carbons (Fsp3) is 0.435. The van der Waals surface area contributed by atoms with E-state index in [-0.39, 0.29) is 18.3 Å². The van der Waals surface area contributed by atoms with Gasteiger partial charge in [-0.05, 0) is 23.8 Å². The van der Waals surface area contributed by atoms with Gasteiger partial charge < -0.3 is 0 Å². The maximum Gasteiger partial charge on any atom is 0.417 e. The van der Waals surface area contributed by atoms with Crippen LogP contribution in [0, 0.1) is 34.0 Å². The van der Waals surface area contributed by atoms with Gasteiger partial charge in [-0.2, -0.15) is 18.4 Å². The summed E-state index contributed by atoms with van der Waals surface area (Å²) in [6, 6.07) is 4.06. The normalized spacial score (nSPS) is 24.7. The number of carbonyl (C=O) groups is 2. The van der Waals surface area contributed by atoms with Crippen molar-refractivity contribution >= 4 is 11.6 Å². The van der Waals surface area contributed by atoms with Crippen LogP contribution in [0.15, 0.2) is 30.6 Å². The molecule has 0 spiro atoms. The zero-order valence-corrected chi connectivity index (χ0v) is 17.4. The summed E-state index contributed by atoms with van der Waals surface area (Å²) < 4.78 is 79.0. The first-order chi connectivity index (χ1) is 14.7. The van der Waals surface area contributed by atoms with Crippen LogP contribution in [0.25, 0.3) is 0 Å². The molecule has 0 aliphatic heterocycles. The molecule has 1 aliphatic rings. The minimum Gasteiger partial charge on any atom is -0.298 e. The molecule has 0 heterocycles. The lowest BCUT2D eigenvalue weighted by Crippen LogP contribution is -2.37. The van der Waals surface area contributed by atoms with Gasteiger partial charge in [0.1, 0.15) is 5.92 Å². The maximum absolute atomic E-state index is 13.7. The third-order valence-electron chi connectivity index (χ3n) is 6.08. The summed E-state index contributed by atoms with van der Waals surface area (Å²) in [6.45, 7) is 4.25. The summed E-state index contributed by atoms with van der Waals surface area (Å²) >= 11 is 0. The van der Waals surface area contributed by atoms with Crippen molar-refractivity contribution in [2.45, 2.75) is 51.6 Å². The summed E-state index contributed by atoms with van der Waals surface area (Å²) in [5, 5.41) is 8.94. The van der Waals surface area contributed by atoms with E-state index >= 15 is 0 Å². The monoisotopic (exact) mass is 455 g/mol.